The molecule has 0 aromatic heterocycles. The van der Waals surface area contributed by atoms with E-state index in [0.717, 1.165) is 0 Å². The van der Waals surface area contributed by atoms with E-state index in [0.29, 0.717) is 22.9 Å². The van der Waals surface area contributed by atoms with Crippen LogP contribution in [0.4, 0.5) is 11.4 Å². The summed E-state index contributed by atoms with van der Waals surface area (Å²) in [6, 6.07) is 13.9. The molecule has 0 aliphatic carbocycles. The predicted molar refractivity (Wildman–Crippen MR) is 126 cm³/mol. The molecule has 2 amide bonds. The second-order valence-electron chi connectivity index (χ2n) is 8.27. The highest BCUT2D eigenvalue weighted by atomic mass is 32.1. The number of methoxy groups -OCH3 is 2. The maximum atomic E-state index is 13.8. The van der Waals surface area contributed by atoms with E-state index in [1.165, 1.54) is 30.9 Å². The first-order valence-electron chi connectivity index (χ1n) is 10.1. The van der Waals surface area contributed by atoms with Gasteiger partial charge in [-0.1, -0.05) is 38.1 Å². The van der Waals surface area contributed by atoms with Gasteiger partial charge >= 0.3 is 0 Å². The third-order valence-electron chi connectivity index (χ3n) is 5.46. The number of carbonyl (C=O) groups is 3. The number of hydrogen-bond donors (Lipinski definition) is 0. The number of anilines is 2. The number of hydrogen-bond acceptors (Lipinski definition) is 6. The number of thiocarbonyl (C=S) groups is 1. The largest absolute Gasteiger partial charge is 0.495 e. The maximum Gasteiger partial charge on any atom is 0.246 e. The second-order valence-corrected chi connectivity index (χ2v) is 8.64. The third kappa shape index (κ3) is 4.10. The van der Waals surface area contributed by atoms with E-state index >= 15 is 0 Å². The molecule has 0 spiro atoms. The van der Waals surface area contributed by atoms with Gasteiger partial charge in [0.05, 0.1) is 25.6 Å². The Morgan fingerprint density at radius 1 is 0.906 bits per heavy atom. The number of carbonyl (C=O) groups excluding carboxylic acids is 3. The number of amides is 2. The molecule has 168 valence electrons. The summed E-state index contributed by atoms with van der Waals surface area (Å²) in [6.07, 6.45) is 0.0570. The molecule has 7 nitrogen and oxygen atoms in total. The minimum atomic E-state index is -1.15. The Bertz CT molecular complexity index is 1010. The molecule has 1 fully saturated rings. The van der Waals surface area contributed by atoms with E-state index in [4.69, 9.17) is 21.7 Å². The summed E-state index contributed by atoms with van der Waals surface area (Å²) < 4.78 is 10.9. The predicted octanol–water partition coefficient (Wildman–Crippen LogP) is 3.99. The van der Waals surface area contributed by atoms with Crippen LogP contribution in [0.25, 0.3) is 0 Å². The topological polar surface area (TPSA) is 76.2 Å². The highest BCUT2D eigenvalue weighted by Gasteiger charge is 2.52. The van der Waals surface area contributed by atoms with Crippen LogP contribution in [0.15, 0.2) is 48.5 Å². The Balaban J connectivity index is 2.24. The van der Waals surface area contributed by atoms with Crippen molar-refractivity contribution in [3.63, 3.8) is 0 Å². The first kappa shape index (κ1) is 23.4. The van der Waals surface area contributed by atoms with Crippen molar-refractivity contribution in [1.29, 1.82) is 0 Å². The first-order valence-corrected chi connectivity index (χ1v) is 10.5. The summed E-state index contributed by atoms with van der Waals surface area (Å²) in [7, 11) is 2.99. The summed E-state index contributed by atoms with van der Waals surface area (Å²) in [4.78, 5) is 42.1. The molecule has 2 aromatic rings. The van der Waals surface area contributed by atoms with Crippen LogP contribution in [0.5, 0.6) is 11.5 Å². The van der Waals surface area contributed by atoms with Crippen LogP contribution in [0.1, 0.15) is 27.2 Å². The number of benzene rings is 2. The number of Topliss-reactive ketones (excluding diaryl/α,β-unsaturated/α-hetero) is 1. The normalized spacial score (nSPS) is 15.2. The van der Waals surface area contributed by atoms with Crippen molar-refractivity contribution in [1.82, 2.24) is 0 Å². The fourth-order valence-corrected chi connectivity index (χ4v) is 4.51. The lowest BCUT2D eigenvalue weighted by Crippen LogP contribution is -2.63. The summed E-state index contributed by atoms with van der Waals surface area (Å²) in [5, 5.41) is -0.0103. The molecule has 1 heterocycles. The molecular weight excluding hydrogens is 428 g/mol. The molecule has 0 radical (unpaired) electrons. The molecule has 32 heavy (non-hydrogen) atoms. The van der Waals surface area contributed by atoms with Gasteiger partial charge in [0.25, 0.3) is 0 Å². The van der Waals surface area contributed by atoms with E-state index in [-0.39, 0.29) is 17.3 Å². The van der Waals surface area contributed by atoms with Crippen molar-refractivity contribution in [2.45, 2.75) is 27.2 Å². The third-order valence-corrected chi connectivity index (χ3v) is 5.82. The van der Waals surface area contributed by atoms with Crippen molar-refractivity contribution in [2.24, 2.45) is 11.3 Å². The fraction of sp³-hybridized carbons (Fsp3) is 0.333. The Hall–Kier alpha value is -3.26. The molecule has 1 saturated heterocycles. The van der Waals surface area contributed by atoms with E-state index in [1.54, 1.807) is 62.4 Å². The van der Waals surface area contributed by atoms with Gasteiger partial charge in [-0.25, -0.2) is 0 Å². The zero-order valence-electron chi connectivity index (χ0n) is 18.7. The molecule has 0 atom stereocenters. The Morgan fingerprint density at radius 2 is 1.31 bits per heavy atom. The summed E-state index contributed by atoms with van der Waals surface area (Å²) in [6.45, 7) is 4.92. The Kier molecular flexibility index (Phi) is 6.64. The summed E-state index contributed by atoms with van der Waals surface area (Å²) in [5.41, 5.74) is -0.113. The average molecular weight is 455 g/mol. The van der Waals surface area contributed by atoms with Gasteiger partial charge in [-0.2, -0.15) is 0 Å². The van der Waals surface area contributed by atoms with Crippen LogP contribution in [0.2, 0.25) is 0 Å². The van der Waals surface area contributed by atoms with Crippen molar-refractivity contribution in [3.05, 3.63) is 48.5 Å². The molecule has 8 heteroatoms. The molecular formula is C24H26N2O5S. The smallest absolute Gasteiger partial charge is 0.246 e. The lowest BCUT2D eigenvalue weighted by atomic mass is 9.73. The number of nitrogens with zero attached hydrogens (tertiary/aromatic N) is 2. The average Bonchev–Trinajstić information content (AvgIpc) is 2.73. The number of para-hydroxylation sites is 4. The van der Waals surface area contributed by atoms with Crippen molar-refractivity contribution >= 4 is 46.3 Å². The molecule has 0 bridgehead atoms. The molecule has 0 N–H and O–H groups in total. The minimum Gasteiger partial charge on any atom is -0.495 e. The molecule has 1 aliphatic heterocycles. The Labute approximate surface area is 192 Å². The van der Waals surface area contributed by atoms with Crippen LogP contribution in [0.3, 0.4) is 0 Å². The van der Waals surface area contributed by atoms with E-state index in [2.05, 4.69) is 0 Å². The number of ether oxygens (including phenoxy) is 2. The zero-order valence-corrected chi connectivity index (χ0v) is 19.6. The lowest BCUT2D eigenvalue weighted by molar-refractivity contribution is -0.138. The van der Waals surface area contributed by atoms with Crippen molar-refractivity contribution in [3.8, 4) is 11.5 Å². The van der Waals surface area contributed by atoms with Gasteiger partial charge in [-0.15, -0.1) is 0 Å². The lowest BCUT2D eigenvalue weighted by Gasteiger charge is -2.44. The van der Waals surface area contributed by atoms with Crippen molar-refractivity contribution < 1.29 is 23.9 Å². The van der Waals surface area contributed by atoms with Gasteiger partial charge in [-0.3, -0.25) is 19.4 Å². The van der Waals surface area contributed by atoms with Crippen molar-refractivity contribution in [2.75, 3.05) is 24.0 Å². The van der Waals surface area contributed by atoms with Crippen LogP contribution in [-0.4, -0.2) is 36.9 Å². The summed E-state index contributed by atoms with van der Waals surface area (Å²) in [5.74, 6) is -1.39. The molecule has 2 aromatic carbocycles. The van der Waals surface area contributed by atoms with Gasteiger partial charge in [0, 0.05) is 6.42 Å². The van der Waals surface area contributed by atoms with Gasteiger partial charge in [0.15, 0.2) is 5.11 Å². The zero-order chi connectivity index (χ0) is 23.6. The maximum absolute atomic E-state index is 13.8. The second kappa shape index (κ2) is 9.08. The van der Waals surface area contributed by atoms with Crippen LogP contribution in [0, 0.1) is 11.3 Å². The van der Waals surface area contributed by atoms with E-state index in [9.17, 15) is 14.4 Å². The molecule has 0 saturated carbocycles. The summed E-state index contributed by atoms with van der Waals surface area (Å²) >= 11 is 5.68. The van der Waals surface area contributed by atoms with Gasteiger partial charge in [0.1, 0.15) is 23.2 Å². The van der Waals surface area contributed by atoms with Crippen LogP contribution >= 0.6 is 12.2 Å². The van der Waals surface area contributed by atoms with Gasteiger partial charge in [0.2, 0.25) is 11.8 Å². The highest BCUT2D eigenvalue weighted by molar-refractivity contribution is 7.81. The molecule has 1 aliphatic rings. The van der Waals surface area contributed by atoms with E-state index < -0.39 is 23.1 Å². The fourth-order valence-electron chi connectivity index (χ4n) is 4.14. The quantitative estimate of drug-likeness (QED) is 0.465. The number of rotatable bonds is 7. The van der Waals surface area contributed by atoms with Crippen LogP contribution in [-0.2, 0) is 14.4 Å². The molecule has 3 rings (SSSR count). The SMILES string of the molecule is COc1ccccc1N1C(=O)C(C(C)(C)CC(C)=O)C(=O)N(c2ccccc2OC)C1=S. The van der Waals surface area contributed by atoms with E-state index in [1.807, 2.05) is 0 Å². The van der Waals surface area contributed by atoms with Gasteiger partial charge < -0.3 is 14.3 Å². The van der Waals surface area contributed by atoms with Gasteiger partial charge in [-0.05, 0) is 48.8 Å². The van der Waals surface area contributed by atoms with Crippen LogP contribution < -0.4 is 19.3 Å². The minimum absolute atomic E-state index is 0.0103. The Morgan fingerprint density at radius 3 is 1.69 bits per heavy atom. The molecule has 0 unspecified atom stereocenters. The first-order chi connectivity index (χ1) is 15.1. The monoisotopic (exact) mass is 454 g/mol. The standard InChI is InChI=1S/C24H26N2O5S/c1-15(27)14-24(2,3)20-21(28)25(16-10-6-8-12-18(16)30-4)23(32)26(22(20)29)17-11-7-9-13-19(17)31-5/h6-13,20H,14H2,1-5H3. The highest BCUT2D eigenvalue weighted by Crippen LogP contribution is 2.43. The number of ketones is 1.